The molecule has 4 aliphatic rings. The van der Waals surface area contributed by atoms with E-state index in [9.17, 15) is 0 Å². The van der Waals surface area contributed by atoms with Gasteiger partial charge >= 0.3 is 0 Å². The average molecular weight is 1010 g/mol. The van der Waals surface area contributed by atoms with E-state index in [1.54, 1.807) is 0 Å². The van der Waals surface area contributed by atoms with E-state index in [1.165, 1.54) is 73.4 Å². The maximum Gasteiger partial charge on any atom is 0.178 e. The molecule has 13 heteroatoms. The zero-order valence-corrected chi connectivity index (χ0v) is 47.1. The highest BCUT2D eigenvalue weighted by molar-refractivity contribution is 5.86. The number of nitrogens with zero attached hydrogens (tertiary/aromatic N) is 13. The second-order valence-electron chi connectivity index (χ2n) is 20.7. The van der Waals surface area contributed by atoms with Gasteiger partial charge in [0.1, 0.15) is 24.7 Å². The van der Waals surface area contributed by atoms with Gasteiger partial charge in [-0.15, -0.1) is 0 Å². The van der Waals surface area contributed by atoms with Crippen LogP contribution in [-0.4, -0.2) is 77.8 Å². The van der Waals surface area contributed by atoms with Crippen molar-refractivity contribution in [3.05, 3.63) is 186 Å². The molecule has 4 aliphatic heterocycles. The van der Waals surface area contributed by atoms with Crippen molar-refractivity contribution in [2.45, 2.75) is 107 Å². The van der Waals surface area contributed by atoms with Crippen molar-refractivity contribution in [2.24, 2.45) is 0 Å². The van der Waals surface area contributed by atoms with Gasteiger partial charge in [-0.25, -0.2) is 15.0 Å². The summed E-state index contributed by atoms with van der Waals surface area (Å²) in [4.78, 5) is 40.9. The number of para-hydroxylation sites is 4. The third kappa shape index (κ3) is 9.82. The van der Waals surface area contributed by atoms with Gasteiger partial charge in [0.15, 0.2) is 17.5 Å². The Bertz CT molecular complexity index is 3220. The molecule has 0 N–H and O–H groups in total. The first-order valence-electron chi connectivity index (χ1n) is 26.5. The molecule has 0 fully saturated rings. The van der Waals surface area contributed by atoms with Crippen molar-refractivity contribution in [3.8, 4) is 0 Å². The molecule has 4 aromatic heterocycles. The summed E-state index contributed by atoms with van der Waals surface area (Å²) in [6.45, 7) is 23.8. The predicted molar refractivity (Wildman–Crippen MR) is 318 cm³/mol. The molecule has 0 bridgehead atoms. The summed E-state index contributed by atoms with van der Waals surface area (Å²) in [5.41, 5.74) is 18.3. The van der Waals surface area contributed by atoms with Crippen LogP contribution >= 0.6 is 0 Å². The zero-order valence-electron chi connectivity index (χ0n) is 47.1. The summed E-state index contributed by atoms with van der Waals surface area (Å²) in [5.74, 6) is 3.38. The summed E-state index contributed by atoms with van der Waals surface area (Å²) in [7, 11) is 8.42. The molecule has 12 rings (SSSR count). The number of aryl methyl sites for hydroxylation is 5. The van der Waals surface area contributed by atoms with Gasteiger partial charge in [0.2, 0.25) is 0 Å². The number of hydrogen-bond acceptors (Lipinski definition) is 13. The Balaban J connectivity index is 0.000000124. The van der Waals surface area contributed by atoms with Gasteiger partial charge in [-0.05, 0) is 139 Å². The Hall–Kier alpha value is -8.19. The van der Waals surface area contributed by atoms with Crippen LogP contribution in [0.4, 0.5) is 68.6 Å². The highest BCUT2D eigenvalue weighted by Gasteiger charge is 2.37. The summed E-state index contributed by atoms with van der Waals surface area (Å²) in [5, 5.41) is 0. The van der Waals surface area contributed by atoms with E-state index in [4.69, 9.17) is 0 Å². The lowest BCUT2D eigenvalue weighted by molar-refractivity contribution is 0.726. The van der Waals surface area contributed by atoms with Gasteiger partial charge < -0.3 is 39.2 Å². The van der Waals surface area contributed by atoms with E-state index in [-0.39, 0.29) is 12.3 Å². The molecule has 0 saturated heterocycles. The van der Waals surface area contributed by atoms with Crippen LogP contribution in [0, 0.1) is 34.6 Å². The van der Waals surface area contributed by atoms with Crippen molar-refractivity contribution in [1.82, 2.24) is 24.9 Å². The Morgan fingerprint density at radius 1 is 0.368 bits per heavy atom. The van der Waals surface area contributed by atoms with Gasteiger partial charge in [0.05, 0.1) is 52.7 Å². The number of aromatic nitrogens is 5. The first-order chi connectivity index (χ1) is 36.5. The Morgan fingerprint density at radius 2 is 0.816 bits per heavy atom. The fourth-order valence-corrected chi connectivity index (χ4v) is 10.7. The van der Waals surface area contributed by atoms with Crippen LogP contribution in [0.1, 0.15) is 81.1 Å². The number of pyridine rings is 3. The molecule has 0 amide bonds. The normalized spacial score (nSPS) is 17.8. The standard InChI is InChI=1S/C18H23N3.C15H18N4.2C15H17N3/c1-12(2)15-10-17-18(11-19-15)20(5)14(4)21(17)16-9-7-6-8-13(16)3;1-10-7-5-6-8-13(10)19-12(3)18(4)14-15(19)17-11(2)9-16-14;1-11-7-4-5-8-13(11)18-12(2)17(3)15-14(18)9-6-10-16-15;1-11-6-4-5-7-13(11)18-12(2)17(3)14-8-9-16-10-15(14)18/h6-12,14H,1-5H3;5-9,12H,1-4H3;2*4-10,12H,1-3H3/t14-;3*12-/m0000/s1. The van der Waals surface area contributed by atoms with Crippen molar-refractivity contribution < 1.29 is 0 Å². The van der Waals surface area contributed by atoms with Crippen LogP contribution in [0.15, 0.2) is 152 Å². The van der Waals surface area contributed by atoms with Crippen molar-refractivity contribution >= 4 is 68.6 Å². The zero-order chi connectivity index (χ0) is 54.1. The monoisotopic (exact) mass is 1010 g/mol. The third-order valence-corrected chi connectivity index (χ3v) is 15.5. The Morgan fingerprint density at radius 3 is 1.36 bits per heavy atom. The number of benzene rings is 4. The predicted octanol–water partition coefficient (Wildman–Crippen LogP) is 14.1. The minimum absolute atomic E-state index is 0.220. The number of rotatable bonds is 5. The highest BCUT2D eigenvalue weighted by Crippen LogP contribution is 2.47. The van der Waals surface area contributed by atoms with Crippen LogP contribution in [0.25, 0.3) is 0 Å². The maximum absolute atomic E-state index is 4.68. The molecule has 8 aromatic rings. The fraction of sp³-hybridized carbons (Fsp3) is 0.317. The fourth-order valence-electron chi connectivity index (χ4n) is 10.7. The number of anilines is 12. The van der Waals surface area contributed by atoms with Gasteiger partial charge in [0.25, 0.3) is 0 Å². The summed E-state index contributed by atoms with van der Waals surface area (Å²) in [6, 6.07) is 42.4. The summed E-state index contributed by atoms with van der Waals surface area (Å²) < 4.78 is 0. The van der Waals surface area contributed by atoms with Crippen LogP contribution in [0.2, 0.25) is 0 Å². The van der Waals surface area contributed by atoms with E-state index in [2.05, 4.69) is 277 Å². The number of fused-ring (bicyclic) bond motifs is 4. The quantitative estimate of drug-likeness (QED) is 0.164. The molecule has 13 nitrogen and oxygen atoms in total. The lowest BCUT2D eigenvalue weighted by Gasteiger charge is -2.29. The Kier molecular flexibility index (Phi) is 15.2. The molecule has 4 atom stereocenters. The number of hydrogen-bond donors (Lipinski definition) is 0. The minimum atomic E-state index is 0.220. The van der Waals surface area contributed by atoms with Crippen molar-refractivity contribution in [3.63, 3.8) is 0 Å². The second-order valence-corrected chi connectivity index (χ2v) is 20.7. The second kappa shape index (κ2) is 22.0. The lowest BCUT2D eigenvalue weighted by atomic mass is 10.1. The molecule has 392 valence electrons. The van der Waals surface area contributed by atoms with E-state index in [0.717, 1.165) is 28.8 Å². The topological polar surface area (TPSA) is 90.4 Å². The van der Waals surface area contributed by atoms with Gasteiger partial charge in [0, 0.05) is 69.0 Å². The van der Waals surface area contributed by atoms with Gasteiger partial charge in [-0.1, -0.05) is 86.6 Å². The van der Waals surface area contributed by atoms with Crippen LogP contribution < -0.4 is 39.2 Å². The molecule has 0 spiro atoms. The Labute approximate surface area is 451 Å². The minimum Gasteiger partial charge on any atom is -0.352 e. The van der Waals surface area contributed by atoms with E-state index >= 15 is 0 Å². The largest absolute Gasteiger partial charge is 0.352 e. The van der Waals surface area contributed by atoms with Gasteiger partial charge in [-0.2, -0.15) is 0 Å². The molecular formula is C63H75N13. The molecule has 8 heterocycles. The molecule has 76 heavy (non-hydrogen) atoms. The van der Waals surface area contributed by atoms with Crippen LogP contribution in [0.3, 0.4) is 0 Å². The molecular weight excluding hydrogens is 939 g/mol. The van der Waals surface area contributed by atoms with E-state index < -0.39 is 0 Å². The van der Waals surface area contributed by atoms with Gasteiger partial charge in [-0.3, -0.25) is 9.97 Å². The third-order valence-electron chi connectivity index (χ3n) is 15.5. The van der Waals surface area contributed by atoms with E-state index in [1.807, 2.05) is 44.0 Å². The SMILES string of the molecule is Cc1ccccc1N1c2cc(C(C)C)ncc2N(C)[C@@H]1C.Cc1ccccc1N1c2cccnc2N(C)[C@@H]1C.Cc1ccccc1N1c2cnccc2N(C)[C@@H]1C.Cc1cnc2c(n1)N(c1ccccc1C)[C@@H](C)N2C. The summed E-state index contributed by atoms with van der Waals surface area (Å²) >= 11 is 0. The first kappa shape index (κ1) is 52.7. The molecule has 0 unspecified atom stereocenters. The van der Waals surface area contributed by atoms with Crippen molar-refractivity contribution in [2.75, 3.05) is 67.4 Å². The van der Waals surface area contributed by atoms with Crippen LogP contribution in [-0.2, 0) is 0 Å². The molecule has 4 aromatic carbocycles. The smallest absolute Gasteiger partial charge is 0.178 e. The molecule has 0 saturated carbocycles. The molecule has 0 aliphatic carbocycles. The first-order valence-corrected chi connectivity index (χ1v) is 26.5. The maximum atomic E-state index is 4.68. The highest BCUT2D eigenvalue weighted by atomic mass is 15.5. The lowest BCUT2D eigenvalue weighted by Crippen LogP contribution is -2.36. The summed E-state index contributed by atoms with van der Waals surface area (Å²) in [6.07, 6.45) is 10.6. The van der Waals surface area contributed by atoms with E-state index in [0.29, 0.717) is 18.2 Å². The van der Waals surface area contributed by atoms with Crippen molar-refractivity contribution in [1.29, 1.82) is 0 Å². The average Bonchev–Trinajstić information content (AvgIpc) is 4.08. The van der Waals surface area contributed by atoms with Crippen LogP contribution in [0.5, 0.6) is 0 Å². The molecule has 0 radical (unpaired) electrons.